The summed E-state index contributed by atoms with van der Waals surface area (Å²) in [5.41, 5.74) is 2.15. The molecule has 0 radical (unpaired) electrons. The Morgan fingerprint density at radius 1 is 1.18 bits per heavy atom. The van der Waals surface area contributed by atoms with Crippen LogP contribution in [0, 0.1) is 5.92 Å². The van der Waals surface area contributed by atoms with Gasteiger partial charge < -0.3 is 9.84 Å². The van der Waals surface area contributed by atoms with Crippen LogP contribution < -0.4 is 4.74 Å². The van der Waals surface area contributed by atoms with Gasteiger partial charge in [-0.1, -0.05) is 33.8 Å². The van der Waals surface area contributed by atoms with Crippen molar-refractivity contribution in [1.29, 1.82) is 0 Å². The molecule has 0 bridgehead atoms. The average molecular weight is 236 g/mol. The molecule has 0 saturated heterocycles. The van der Waals surface area contributed by atoms with Crippen LogP contribution in [-0.2, 0) is 0 Å². The molecule has 1 N–H and O–H groups in total. The average Bonchev–Trinajstić information content (AvgIpc) is 2.27. The van der Waals surface area contributed by atoms with Gasteiger partial charge in [-0.15, -0.1) is 0 Å². The lowest BCUT2D eigenvalue weighted by atomic mass is 9.94. The Hall–Kier alpha value is -1.02. The molecule has 0 aliphatic heterocycles. The van der Waals surface area contributed by atoms with Gasteiger partial charge in [0.2, 0.25) is 0 Å². The Kier molecular flexibility index (Phi) is 5.01. The summed E-state index contributed by atoms with van der Waals surface area (Å²) in [4.78, 5) is 0. The third-order valence-corrected chi connectivity index (χ3v) is 2.97. The van der Waals surface area contributed by atoms with Gasteiger partial charge in [0.05, 0.1) is 13.2 Å². The van der Waals surface area contributed by atoms with Crippen LogP contribution >= 0.6 is 0 Å². The van der Waals surface area contributed by atoms with E-state index in [1.54, 1.807) is 7.11 Å². The zero-order valence-electron chi connectivity index (χ0n) is 11.5. The van der Waals surface area contributed by atoms with Crippen molar-refractivity contribution in [1.82, 2.24) is 0 Å². The minimum atomic E-state index is -0.441. The first-order chi connectivity index (χ1) is 7.95. The van der Waals surface area contributed by atoms with E-state index >= 15 is 0 Å². The molecular weight excluding hydrogens is 212 g/mol. The third-order valence-electron chi connectivity index (χ3n) is 2.97. The number of hydrogen-bond acceptors (Lipinski definition) is 2. The Morgan fingerprint density at radius 3 is 2.29 bits per heavy atom. The lowest BCUT2D eigenvalue weighted by molar-refractivity contribution is 0.147. The second kappa shape index (κ2) is 6.06. The van der Waals surface area contributed by atoms with Crippen molar-refractivity contribution in [2.45, 2.75) is 46.1 Å². The number of rotatable bonds is 5. The van der Waals surface area contributed by atoms with Gasteiger partial charge in [-0.25, -0.2) is 0 Å². The summed E-state index contributed by atoms with van der Waals surface area (Å²) in [5, 5.41) is 10.2. The topological polar surface area (TPSA) is 29.5 Å². The normalized spacial score (nSPS) is 13.2. The zero-order chi connectivity index (χ0) is 13.0. The van der Waals surface area contributed by atoms with Crippen LogP contribution in [0.2, 0.25) is 0 Å². The molecular formula is C15H24O2. The van der Waals surface area contributed by atoms with Crippen molar-refractivity contribution in [3.05, 3.63) is 29.3 Å². The van der Waals surface area contributed by atoms with Crippen molar-refractivity contribution >= 4 is 0 Å². The molecule has 0 saturated carbocycles. The highest BCUT2D eigenvalue weighted by molar-refractivity contribution is 5.39. The van der Waals surface area contributed by atoms with E-state index in [0.717, 1.165) is 17.7 Å². The van der Waals surface area contributed by atoms with Gasteiger partial charge in [0.1, 0.15) is 5.75 Å². The van der Waals surface area contributed by atoms with Crippen molar-refractivity contribution in [3.63, 3.8) is 0 Å². The van der Waals surface area contributed by atoms with Crippen LogP contribution in [0.25, 0.3) is 0 Å². The van der Waals surface area contributed by atoms with Crippen molar-refractivity contribution in [3.8, 4) is 5.75 Å². The minimum absolute atomic E-state index is 0.441. The van der Waals surface area contributed by atoms with Gasteiger partial charge in [0.15, 0.2) is 0 Å². The van der Waals surface area contributed by atoms with E-state index in [4.69, 9.17) is 4.74 Å². The van der Waals surface area contributed by atoms with Crippen LogP contribution in [0.3, 0.4) is 0 Å². The molecule has 1 rings (SSSR count). The molecule has 96 valence electrons. The fourth-order valence-electron chi connectivity index (χ4n) is 1.95. The quantitative estimate of drug-likeness (QED) is 0.840. The number of aliphatic hydroxyl groups excluding tert-OH is 1. The summed E-state index contributed by atoms with van der Waals surface area (Å²) >= 11 is 0. The van der Waals surface area contributed by atoms with E-state index in [-0.39, 0.29) is 0 Å². The summed E-state index contributed by atoms with van der Waals surface area (Å²) < 4.78 is 5.32. The predicted molar refractivity (Wildman–Crippen MR) is 71.5 cm³/mol. The monoisotopic (exact) mass is 236 g/mol. The van der Waals surface area contributed by atoms with Crippen LogP contribution in [0.4, 0.5) is 0 Å². The van der Waals surface area contributed by atoms with Gasteiger partial charge in [0.25, 0.3) is 0 Å². The van der Waals surface area contributed by atoms with E-state index in [1.807, 2.05) is 6.07 Å². The van der Waals surface area contributed by atoms with Gasteiger partial charge in [-0.3, -0.25) is 0 Å². The number of benzene rings is 1. The van der Waals surface area contributed by atoms with Gasteiger partial charge in [0, 0.05) is 5.56 Å². The summed E-state index contributed by atoms with van der Waals surface area (Å²) in [5.74, 6) is 1.71. The maximum absolute atomic E-state index is 10.2. The number of hydrogen-bond donors (Lipinski definition) is 1. The van der Waals surface area contributed by atoms with E-state index in [0.29, 0.717) is 11.8 Å². The summed E-state index contributed by atoms with van der Waals surface area (Å²) in [6.07, 6.45) is 0.321. The first-order valence-electron chi connectivity index (χ1n) is 6.31. The molecule has 0 spiro atoms. The van der Waals surface area contributed by atoms with Crippen molar-refractivity contribution in [2.24, 2.45) is 5.92 Å². The van der Waals surface area contributed by atoms with Crippen LogP contribution in [0.5, 0.6) is 5.75 Å². The Labute approximate surface area is 105 Å². The molecule has 0 aliphatic rings. The van der Waals surface area contributed by atoms with Crippen molar-refractivity contribution in [2.75, 3.05) is 7.11 Å². The largest absolute Gasteiger partial charge is 0.496 e. The van der Waals surface area contributed by atoms with Gasteiger partial charge in [-0.2, -0.15) is 0 Å². The Bertz CT molecular complexity index is 356. The first-order valence-corrected chi connectivity index (χ1v) is 6.31. The SMILES string of the molecule is COc1ccc(C(C)C)cc1C(O)CC(C)C. The molecule has 1 aromatic rings. The molecule has 0 fully saturated rings. The van der Waals surface area contributed by atoms with E-state index in [9.17, 15) is 5.11 Å². The van der Waals surface area contributed by atoms with Crippen LogP contribution in [-0.4, -0.2) is 12.2 Å². The fraction of sp³-hybridized carbons (Fsp3) is 0.600. The zero-order valence-corrected chi connectivity index (χ0v) is 11.5. The molecule has 0 aromatic heterocycles. The molecule has 0 amide bonds. The summed E-state index contributed by atoms with van der Waals surface area (Å²) in [6, 6.07) is 6.08. The van der Waals surface area contributed by atoms with E-state index in [2.05, 4.69) is 39.8 Å². The summed E-state index contributed by atoms with van der Waals surface area (Å²) in [7, 11) is 1.65. The molecule has 0 heterocycles. The standard InChI is InChI=1S/C15H24O2/c1-10(2)8-14(16)13-9-12(11(3)4)6-7-15(13)17-5/h6-7,9-11,14,16H,8H2,1-5H3. The molecule has 1 aromatic carbocycles. The third kappa shape index (κ3) is 3.74. The van der Waals surface area contributed by atoms with Gasteiger partial charge >= 0.3 is 0 Å². The van der Waals surface area contributed by atoms with Crippen LogP contribution in [0.15, 0.2) is 18.2 Å². The molecule has 17 heavy (non-hydrogen) atoms. The first kappa shape index (κ1) is 14.0. The second-order valence-corrected chi connectivity index (χ2v) is 5.30. The highest BCUT2D eigenvalue weighted by Gasteiger charge is 2.16. The number of aliphatic hydroxyl groups is 1. The smallest absolute Gasteiger partial charge is 0.124 e. The van der Waals surface area contributed by atoms with Crippen LogP contribution in [0.1, 0.15) is 57.3 Å². The Morgan fingerprint density at radius 2 is 1.82 bits per heavy atom. The maximum Gasteiger partial charge on any atom is 0.124 e. The summed E-state index contributed by atoms with van der Waals surface area (Å²) in [6.45, 7) is 8.53. The lowest BCUT2D eigenvalue weighted by Gasteiger charge is -2.18. The number of ether oxygens (including phenoxy) is 1. The Balaban J connectivity index is 3.05. The predicted octanol–water partition coefficient (Wildman–Crippen LogP) is 3.90. The lowest BCUT2D eigenvalue weighted by Crippen LogP contribution is -2.05. The fourth-order valence-corrected chi connectivity index (χ4v) is 1.95. The van der Waals surface area contributed by atoms with E-state index in [1.165, 1.54) is 5.56 Å². The molecule has 2 heteroatoms. The van der Waals surface area contributed by atoms with Gasteiger partial charge in [-0.05, 0) is 36.0 Å². The molecule has 1 atom stereocenters. The minimum Gasteiger partial charge on any atom is -0.496 e. The van der Waals surface area contributed by atoms with E-state index < -0.39 is 6.10 Å². The second-order valence-electron chi connectivity index (χ2n) is 5.30. The molecule has 0 aliphatic carbocycles. The molecule has 2 nitrogen and oxygen atoms in total. The number of methoxy groups -OCH3 is 1. The highest BCUT2D eigenvalue weighted by atomic mass is 16.5. The maximum atomic E-state index is 10.2. The highest BCUT2D eigenvalue weighted by Crippen LogP contribution is 2.32. The van der Waals surface area contributed by atoms with Crippen molar-refractivity contribution < 1.29 is 9.84 Å². The molecule has 1 unspecified atom stereocenters.